The molecule has 1 aromatic heterocycles. The van der Waals surface area contributed by atoms with Crippen molar-refractivity contribution >= 4 is 23.5 Å². The van der Waals surface area contributed by atoms with Crippen LogP contribution in [0, 0.1) is 5.82 Å². The van der Waals surface area contributed by atoms with Crippen molar-refractivity contribution in [1.29, 1.82) is 0 Å². The van der Waals surface area contributed by atoms with Crippen molar-refractivity contribution in [2.24, 2.45) is 0 Å². The minimum Gasteiger partial charge on any atom is -0.285 e. The van der Waals surface area contributed by atoms with Gasteiger partial charge in [-0.3, -0.25) is 4.98 Å². The third kappa shape index (κ3) is 5.68. The highest BCUT2D eigenvalue weighted by Gasteiger charge is 2.08. The summed E-state index contributed by atoms with van der Waals surface area (Å²) in [5.74, 6) is 1.30. The number of rotatable bonds is 7. The summed E-state index contributed by atoms with van der Waals surface area (Å²) in [4.78, 5) is 22.7. The average Bonchev–Trinajstić information content (AvgIpc) is 2.66. The molecule has 3 aromatic rings. The van der Waals surface area contributed by atoms with E-state index < -0.39 is 5.69 Å². The summed E-state index contributed by atoms with van der Waals surface area (Å²) in [7, 11) is 0. The molecule has 0 amide bonds. The van der Waals surface area contributed by atoms with Gasteiger partial charge in [0.05, 0.1) is 0 Å². The molecule has 4 nitrogen and oxygen atoms in total. The summed E-state index contributed by atoms with van der Waals surface area (Å²) in [5, 5.41) is 0.860. The number of halogens is 1. The third-order valence-electron chi connectivity index (χ3n) is 3.94. The van der Waals surface area contributed by atoms with Crippen LogP contribution in [0.2, 0.25) is 0 Å². The van der Waals surface area contributed by atoms with Gasteiger partial charge in [-0.15, -0.1) is 0 Å². The molecule has 2 aromatic carbocycles. The van der Waals surface area contributed by atoms with Crippen molar-refractivity contribution < 1.29 is 4.39 Å². The van der Waals surface area contributed by atoms with E-state index in [0.717, 1.165) is 5.56 Å². The second kappa shape index (κ2) is 9.19. The fraction of sp³-hybridized carbons (Fsp3) is 0.250. The van der Waals surface area contributed by atoms with Crippen LogP contribution >= 0.6 is 23.5 Å². The van der Waals surface area contributed by atoms with E-state index in [1.807, 2.05) is 0 Å². The van der Waals surface area contributed by atoms with Gasteiger partial charge in [-0.25, -0.2) is 9.18 Å². The second-order valence-electron chi connectivity index (χ2n) is 6.31. The summed E-state index contributed by atoms with van der Waals surface area (Å²) >= 11 is 2.69. The third-order valence-corrected chi connectivity index (χ3v) is 5.79. The molecule has 0 spiro atoms. The van der Waals surface area contributed by atoms with Gasteiger partial charge < -0.3 is 0 Å². The van der Waals surface area contributed by atoms with E-state index in [0.29, 0.717) is 33.3 Å². The smallest absolute Gasteiger partial charge is 0.285 e. The second-order valence-corrected chi connectivity index (χ2v) is 8.21. The molecular formula is C20H20FN3OS2. The number of aromatic nitrogens is 3. The number of nitrogens with zero attached hydrogens (tertiary/aromatic N) is 2. The van der Waals surface area contributed by atoms with Crippen LogP contribution in [-0.4, -0.2) is 15.0 Å². The van der Waals surface area contributed by atoms with Crippen molar-refractivity contribution in [2.75, 3.05) is 0 Å². The van der Waals surface area contributed by atoms with E-state index >= 15 is 0 Å². The normalized spacial score (nSPS) is 11.1. The molecule has 0 saturated carbocycles. The molecule has 27 heavy (non-hydrogen) atoms. The standard InChI is InChI=1S/C20H20FN3OS2/c1-13(2)15-9-7-14(8-10-15)11-26-19-22-18(25)23-20(24-19)27-12-16-5-3-4-6-17(16)21/h3-10,13H,11-12H2,1-2H3,(H,22,23,24,25). The van der Waals surface area contributed by atoms with Gasteiger partial charge in [-0.05, 0) is 28.7 Å². The molecular weight excluding hydrogens is 381 g/mol. The average molecular weight is 402 g/mol. The highest BCUT2D eigenvalue weighted by molar-refractivity contribution is 7.99. The van der Waals surface area contributed by atoms with E-state index in [1.54, 1.807) is 18.2 Å². The van der Waals surface area contributed by atoms with Gasteiger partial charge in [-0.1, -0.05) is 79.8 Å². The molecule has 140 valence electrons. The lowest BCUT2D eigenvalue weighted by atomic mass is 10.0. The Morgan fingerprint density at radius 3 is 2.44 bits per heavy atom. The van der Waals surface area contributed by atoms with Crippen LogP contribution in [0.15, 0.2) is 63.6 Å². The van der Waals surface area contributed by atoms with Gasteiger partial charge in [0.2, 0.25) is 0 Å². The predicted molar refractivity (Wildman–Crippen MR) is 109 cm³/mol. The number of aromatic amines is 1. The molecule has 0 bridgehead atoms. The van der Waals surface area contributed by atoms with Crippen LogP contribution in [0.4, 0.5) is 4.39 Å². The summed E-state index contributed by atoms with van der Waals surface area (Å²) < 4.78 is 13.7. The molecule has 1 heterocycles. The van der Waals surface area contributed by atoms with Gasteiger partial charge in [0.25, 0.3) is 0 Å². The Bertz CT molecular complexity index is 958. The van der Waals surface area contributed by atoms with Crippen LogP contribution in [0.1, 0.15) is 36.5 Å². The fourth-order valence-corrected chi connectivity index (χ4v) is 4.07. The summed E-state index contributed by atoms with van der Waals surface area (Å²) in [5.41, 5.74) is 2.57. The minimum atomic E-state index is -0.446. The topological polar surface area (TPSA) is 58.6 Å². The van der Waals surface area contributed by atoms with Crippen molar-refractivity contribution in [1.82, 2.24) is 15.0 Å². The van der Waals surface area contributed by atoms with E-state index in [2.05, 4.69) is 53.1 Å². The number of thioether (sulfide) groups is 2. The molecule has 0 unspecified atom stereocenters. The summed E-state index contributed by atoms with van der Waals surface area (Å²) in [6, 6.07) is 15.0. The van der Waals surface area contributed by atoms with Crippen molar-refractivity contribution in [3.05, 3.63) is 81.5 Å². The van der Waals surface area contributed by atoms with E-state index in [-0.39, 0.29) is 5.82 Å². The van der Waals surface area contributed by atoms with Crippen LogP contribution in [-0.2, 0) is 11.5 Å². The number of hydrogen-bond acceptors (Lipinski definition) is 5. The van der Waals surface area contributed by atoms with Crippen molar-refractivity contribution in [3.8, 4) is 0 Å². The number of benzene rings is 2. The van der Waals surface area contributed by atoms with E-state index in [9.17, 15) is 9.18 Å². The van der Waals surface area contributed by atoms with Crippen LogP contribution < -0.4 is 5.69 Å². The molecule has 0 radical (unpaired) electrons. The summed E-state index contributed by atoms with van der Waals surface area (Å²) in [6.45, 7) is 4.32. The molecule has 0 atom stereocenters. The molecule has 1 N–H and O–H groups in total. The fourth-order valence-electron chi connectivity index (χ4n) is 2.39. The molecule has 0 fully saturated rings. The Hall–Kier alpha value is -2.12. The van der Waals surface area contributed by atoms with Gasteiger partial charge in [-0.2, -0.15) is 9.97 Å². The molecule has 0 aliphatic heterocycles. The Morgan fingerprint density at radius 2 is 1.74 bits per heavy atom. The highest BCUT2D eigenvalue weighted by atomic mass is 32.2. The van der Waals surface area contributed by atoms with Crippen molar-refractivity contribution in [2.45, 2.75) is 41.6 Å². The predicted octanol–water partition coefficient (Wildman–Crippen LogP) is 5.01. The first-order chi connectivity index (χ1) is 13.0. The first-order valence-electron chi connectivity index (χ1n) is 8.57. The largest absolute Gasteiger partial charge is 0.349 e. The first-order valence-corrected chi connectivity index (χ1v) is 10.5. The Balaban J connectivity index is 1.64. The zero-order valence-electron chi connectivity index (χ0n) is 15.1. The van der Waals surface area contributed by atoms with E-state index in [1.165, 1.54) is 35.2 Å². The van der Waals surface area contributed by atoms with Gasteiger partial charge >= 0.3 is 5.69 Å². The van der Waals surface area contributed by atoms with Crippen LogP contribution in [0.25, 0.3) is 0 Å². The SMILES string of the molecule is CC(C)c1ccc(CSc2nc(SCc3ccccc3F)[nH]c(=O)n2)cc1. The Labute approximate surface area is 166 Å². The zero-order chi connectivity index (χ0) is 19.2. The number of H-pyrrole nitrogens is 1. The maximum Gasteiger partial charge on any atom is 0.349 e. The summed E-state index contributed by atoms with van der Waals surface area (Å²) in [6.07, 6.45) is 0. The Kier molecular flexibility index (Phi) is 6.68. The molecule has 0 saturated heterocycles. The maximum atomic E-state index is 13.7. The lowest BCUT2D eigenvalue weighted by Gasteiger charge is -2.07. The molecule has 0 aliphatic carbocycles. The number of nitrogens with one attached hydrogen (secondary N) is 1. The lowest BCUT2D eigenvalue weighted by molar-refractivity contribution is 0.617. The number of hydrogen-bond donors (Lipinski definition) is 1. The zero-order valence-corrected chi connectivity index (χ0v) is 16.7. The Morgan fingerprint density at radius 1 is 1.00 bits per heavy atom. The monoisotopic (exact) mass is 401 g/mol. The van der Waals surface area contributed by atoms with Gasteiger partial charge in [0.15, 0.2) is 10.3 Å². The maximum absolute atomic E-state index is 13.7. The van der Waals surface area contributed by atoms with Crippen LogP contribution in [0.3, 0.4) is 0 Å². The first kappa shape index (κ1) is 19.6. The molecule has 7 heteroatoms. The minimum absolute atomic E-state index is 0.263. The van der Waals surface area contributed by atoms with Crippen LogP contribution in [0.5, 0.6) is 0 Å². The van der Waals surface area contributed by atoms with E-state index in [4.69, 9.17) is 0 Å². The molecule has 0 aliphatic rings. The molecule has 3 rings (SSSR count). The highest BCUT2D eigenvalue weighted by Crippen LogP contribution is 2.24. The van der Waals surface area contributed by atoms with Crippen molar-refractivity contribution in [3.63, 3.8) is 0 Å². The van der Waals surface area contributed by atoms with Gasteiger partial charge in [0.1, 0.15) is 5.82 Å². The quantitative estimate of drug-likeness (QED) is 0.564. The lowest BCUT2D eigenvalue weighted by Crippen LogP contribution is -2.13. The van der Waals surface area contributed by atoms with Gasteiger partial charge in [0, 0.05) is 11.5 Å².